The summed E-state index contributed by atoms with van der Waals surface area (Å²) < 4.78 is 0.849. The topological polar surface area (TPSA) is 41.6 Å². The van der Waals surface area contributed by atoms with Crippen LogP contribution in [-0.4, -0.2) is 15.0 Å². The highest BCUT2D eigenvalue weighted by molar-refractivity contribution is 9.10. The molecule has 2 heterocycles. The van der Waals surface area contributed by atoms with Crippen molar-refractivity contribution in [3.8, 4) is 11.5 Å². The van der Waals surface area contributed by atoms with Crippen LogP contribution < -0.4 is 0 Å². The largest absolute Gasteiger partial charge is 0.337 e. The fourth-order valence-corrected chi connectivity index (χ4v) is 2.69. The van der Waals surface area contributed by atoms with Gasteiger partial charge in [0, 0.05) is 15.7 Å². The van der Waals surface area contributed by atoms with E-state index >= 15 is 0 Å². The number of rotatable bonds is 1. The van der Waals surface area contributed by atoms with Crippen molar-refractivity contribution >= 4 is 50.2 Å². The quantitative estimate of drug-likeness (QED) is 0.696. The molecule has 0 aliphatic rings. The first-order valence-corrected chi connectivity index (χ1v) is 6.65. The molecular weight excluding hydrogens is 337 g/mol. The van der Waals surface area contributed by atoms with Crippen molar-refractivity contribution in [1.29, 1.82) is 0 Å². The van der Waals surface area contributed by atoms with Crippen molar-refractivity contribution in [3.63, 3.8) is 0 Å². The summed E-state index contributed by atoms with van der Waals surface area (Å²) in [6, 6.07) is 7.23. The summed E-state index contributed by atoms with van der Waals surface area (Å²) in [5.41, 5.74) is 2.42. The van der Waals surface area contributed by atoms with Gasteiger partial charge in [0.2, 0.25) is 0 Å². The minimum atomic E-state index is 0.596. The van der Waals surface area contributed by atoms with E-state index < -0.39 is 0 Å². The third-order valence-electron chi connectivity index (χ3n) is 2.47. The van der Waals surface area contributed by atoms with Crippen LogP contribution >= 0.6 is 39.1 Å². The maximum Gasteiger partial charge on any atom is 0.157 e. The Kier molecular flexibility index (Phi) is 3.01. The molecule has 1 aromatic carbocycles. The zero-order chi connectivity index (χ0) is 12.7. The zero-order valence-electron chi connectivity index (χ0n) is 8.92. The van der Waals surface area contributed by atoms with Gasteiger partial charge in [-0.25, -0.2) is 4.98 Å². The van der Waals surface area contributed by atoms with Crippen LogP contribution in [0.5, 0.6) is 0 Å². The Morgan fingerprint density at radius 3 is 2.67 bits per heavy atom. The van der Waals surface area contributed by atoms with E-state index in [9.17, 15) is 0 Å². The van der Waals surface area contributed by atoms with Crippen molar-refractivity contribution in [2.24, 2.45) is 0 Å². The molecule has 3 aromatic rings. The van der Waals surface area contributed by atoms with Gasteiger partial charge in [-0.2, -0.15) is 0 Å². The predicted molar refractivity (Wildman–Crippen MR) is 77.0 cm³/mol. The van der Waals surface area contributed by atoms with Crippen LogP contribution in [0.4, 0.5) is 0 Å². The summed E-state index contributed by atoms with van der Waals surface area (Å²) in [5, 5.41) is 1.24. The number of hydrogen-bond acceptors (Lipinski definition) is 2. The summed E-state index contributed by atoms with van der Waals surface area (Å²) >= 11 is 15.2. The van der Waals surface area contributed by atoms with Crippen molar-refractivity contribution in [1.82, 2.24) is 15.0 Å². The van der Waals surface area contributed by atoms with E-state index in [0.717, 1.165) is 21.2 Å². The molecule has 2 aromatic heterocycles. The summed E-state index contributed by atoms with van der Waals surface area (Å²) in [6.07, 6.45) is 1.59. The van der Waals surface area contributed by atoms with Crippen LogP contribution in [0.3, 0.4) is 0 Å². The number of aromatic amines is 1. The fourth-order valence-electron chi connectivity index (χ4n) is 1.68. The van der Waals surface area contributed by atoms with Gasteiger partial charge in [0.15, 0.2) is 5.82 Å². The van der Waals surface area contributed by atoms with Crippen LogP contribution in [0.25, 0.3) is 22.6 Å². The standard InChI is InChI=1S/C12H6BrCl2N3/c13-8-3-7(15)4-10-11(8)18-12(17-10)9-2-1-6(14)5-16-9/h1-5H,(H,17,18). The maximum absolute atomic E-state index is 5.99. The van der Waals surface area contributed by atoms with Gasteiger partial charge >= 0.3 is 0 Å². The van der Waals surface area contributed by atoms with E-state index in [1.54, 1.807) is 12.3 Å². The van der Waals surface area contributed by atoms with Crippen LogP contribution in [0.15, 0.2) is 34.9 Å². The van der Waals surface area contributed by atoms with E-state index in [2.05, 4.69) is 30.9 Å². The zero-order valence-corrected chi connectivity index (χ0v) is 12.0. The van der Waals surface area contributed by atoms with Gasteiger partial charge in [0.25, 0.3) is 0 Å². The Morgan fingerprint density at radius 2 is 1.94 bits per heavy atom. The molecule has 6 heteroatoms. The monoisotopic (exact) mass is 341 g/mol. The molecule has 0 saturated carbocycles. The number of halogens is 3. The minimum absolute atomic E-state index is 0.596. The van der Waals surface area contributed by atoms with E-state index in [1.165, 1.54) is 0 Å². The molecule has 0 aliphatic carbocycles. The molecule has 0 bridgehead atoms. The van der Waals surface area contributed by atoms with Crippen LogP contribution in [0.1, 0.15) is 0 Å². The predicted octanol–water partition coefficient (Wildman–Crippen LogP) is 4.69. The molecule has 3 nitrogen and oxygen atoms in total. The molecule has 18 heavy (non-hydrogen) atoms. The van der Waals surface area contributed by atoms with Crippen LogP contribution in [0.2, 0.25) is 10.0 Å². The summed E-state index contributed by atoms with van der Waals surface area (Å²) in [7, 11) is 0. The first-order valence-electron chi connectivity index (χ1n) is 5.10. The van der Waals surface area contributed by atoms with Crippen LogP contribution in [-0.2, 0) is 0 Å². The molecule has 0 amide bonds. The Hall–Kier alpha value is -1.10. The molecule has 0 aliphatic heterocycles. The number of imidazole rings is 1. The van der Waals surface area contributed by atoms with E-state index in [-0.39, 0.29) is 0 Å². The second-order valence-electron chi connectivity index (χ2n) is 3.73. The number of H-pyrrole nitrogens is 1. The molecule has 0 saturated heterocycles. The Balaban J connectivity index is 2.19. The van der Waals surface area contributed by atoms with E-state index in [1.807, 2.05) is 18.2 Å². The molecule has 0 spiro atoms. The SMILES string of the molecule is Clc1ccc(-c2nc3c(Br)cc(Cl)cc3[nH]2)nc1. The number of aromatic nitrogens is 3. The number of fused-ring (bicyclic) bond motifs is 1. The lowest BCUT2D eigenvalue weighted by Crippen LogP contribution is -1.84. The Labute approximate surface area is 121 Å². The summed E-state index contributed by atoms with van der Waals surface area (Å²) in [6.45, 7) is 0. The first-order chi connectivity index (χ1) is 8.63. The van der Waals surface area contributed by atoms with Gasteiger partial charge in [-0.05, 0) is 40.2 Å². The van der Waals surface area contributed by atoms with E-state index in [0.29, 0.717) is 15.9 Å². The maximum atomic E-state index is 5.99. The van der Waals surface area contributed by atoms with Crippen LogP contribution in [0, 0.1) is 0 Å². The van der Waals surface area contributed by atoms with Gasteiger partial charge in [0.1, 0.15) is 11.2 Å². The van der Waals surface area contributed by atoms with Gasteiger partial charge in [-0.15, -0.1) is 0 Å². The molecule has 0 fully saturated rings. The smallest absolute Gasteiger partial charge is 0.157 e. The van der Waals surface area contributed by atoms with Gasteiger partial charge in [-0.3, -0.25) is 4.98 Å². The Bertz CT molecular complexity index is 722. The molecule has 0 unspecified atom stereocenters. The van der Waals surface area contributed by atoms with Crippen molar-refractivity contribution in [3.05, 3.63) is 45.0 Å². The third kappa shape index (κ3) is 2.11. The van der Waals surface area contributed by atoms with Gasteiger partial charge in [0.05, 0.1) is 10.5 Å². The summed E-state index contributed by atoms with van der Waals surface area (Å²) in [4.78, 5) is 11.9. The lowest BCUT2D eigenvalue weighted by molar-refractivity contribution is 1.24. The molecule has 3 rings (SSSR count). The van der Waals surface area contributed by atoms with Gasteiger partial charge < -0.3 is 4.98 Å². The number of nitrogens with zero attached hydrogens (tertiary/aromatic N) is 2. The first kappa shape index (κ1) is 12.0. The molecule has 0 atom stereocenters. The van der Waals surface area contributed by atoms with E-state index in [4.69, 9.17) is 23.2 Å². The molecule has 1 N–H and O–H groups in total. The highest BCUT2D eigenvalue weighted by Crippen LogP contribution is 2.28. The lowest BCUT2D eigenvalue weighted by atomic mass is 10.3. The van der Waals surface area contributed by atoms with Crippen molar-refractivity contribution in [2.75, 3.05) is 0 Å². The summed E-state index contributed by atoms with van der Waals surface area (Å²) in [5.74, 6) is 0.685. The highest BCUT2D eigenvalue weighted by Gasteiger charge is 2.09. The lowest BCUT2D eigenvalue weighted by Gasteiger charge is -1.94. The highest BCUT2D eigenvalue weighted by atomic mass is 79.9. The minimum Gasteiger partial charge on any atom is -0.337 e. The second-order valence-corrected chi connectivity index (χ2v) is 5.46. The normalized spacial score (nSPS) is 11.1. The fraction of sp³-hybridized carbons (Fsp3) is 0. The number of hydrogen-bond donors (Lipinski definition) is 1. The van der Waals surface area contributed by atoms with Crippen molar-refractivity contribution in [2.45, 2.75) is 0 Å². The molecule has 90 valence electrons. The molecule has 0 radical (unpaired) electrons. The average molecular weight is 343 g/mol. The third-order valence-corrected chi connectivity index (χ3v) is 3.52. The number of pyridine rings is 1. The Morgan fingerprint density at radius 1 is 1.11 bits per heavy atom. The average Bonchev–Trinajstić information content (AvgIpc) is 2.74. The van der Waals surface area contributed by atoms with Gasteiger partial charge in [-0.1, -0.05) is 23.2 Å². The number of benzene rings is 1. The number of nitrogens with one attached hydrogen (secondary N) is 1. The second kappa shape index (κ2) is 4.53. The van der Waals surface area contributed by atoms with Crippen molar-refractivity contribution < 1.29 is 0 Å². The molecular formula is C12H6BrCl2N3.